The molecule has 0 saturated heterocycles. The summed E-state index contributed by atoms with van der Waals surface area (Å²) in [6.45, 7) is 5.28. The quantitative estimate of drug-likeness (QED) is 0.353. The zero-order chi connectivity index (χ0) is 26.4. The second-order valence-electron chi connectivity index (χ2n) is 7.30. The monoisotopic (exact) mass is 613 g/mol. The molecule has 3 rings (SSSR count). The van der Waals surface area contributed by atoms with Crippen molar-refractivity contribution in [2.24, 2.45) is 12.0 Å². The van der Waals surface area contributed by atoms with Gasteiger partial charge in [0.1, 0.15) is 9.88 Å². The molecule has 2 aromatic heterocycles. The molecule has 13 heteroatoms. The average Bonchev–Trinajstić information content (AvgIpc) is 3.29. The molecule has 0 bridgehead atoms. The Hall–Kier alpha value is -2.48. The summed E-state index contributed by atoms with van der Waals surface area (Å²) < 4.78 is 13.9. The Bertz CT molecular complexity index is 1390. The van der Waals surface area contributed by atoms with Crippen molar-refractivity contribution >= 4 is 89.3 Å². The molecule has 1 aromatic carbocycles. The fourth-order valence-corrected chi connectivity index (χ4v) is 6.48. The van der Waals surface area contributed by atoms with E-state index in [4.69, 9.17) is 9.47 Å². The van der Waals surface area contributed by atoms with Gasteiger partial charge in [-0.3, -0.25) is 9.59 Å². The zero-order valence-corrected chi connectivity index (χ0v) is 24.0. The van der Waals surface area contributed by atoms with E-state index in [0.29, 0.717) is 10.4 Å². The number of nitrogens with zero attached hydrogens (tertiary/aromatic N) is 2. The van der Waals surface area contributed by atoms with Gasteiger partial charge in [0.15, 0.2) is 4.80 Å². The lowest BCUT2D eigenvalue weighted by Gasteiger charge is -2.06. The Balaban J connectivity index is 1.66. The number of amides is 2. The maximum absolute atomic E-state index is 12.6. The number of aromatic nitrogens is 1. The van der Waals surface area contributed by atoms with E-state index >= 15 is 0 Å². The number of aryl methyl sites for hydroxylation is 1. The summed E-state index contributed by atoms with van der Waals surface area (Å²) in [5, 5.41) is 2.87. The van der Waals surface area contributed by atoms with Crippen LogP contribution in [0.3, 0.4) is 0 Å². The summed E-state index contributed by atoms with van der Waals surface area (Å²) in [6.07, 6.45) is 0. The molecular weight excluding hydrogens is 590 g/mol. The summed E-state index contributed by atoms with van der Waals surface area (Å²) in [7, 11) is 1.84. The van der Waals surface area contributed by atoms with Crippen molar-refractivity contribution in [2.45, 2.75) is 20.8 Å². The minimum absolute atomic E-state index is 0.00758. The largest absolute Gasteiger partial charge is 0.462 e. The molecule has 0 unspecified atom stereocenters. The summed E-state index contributed by atoms with van der Waals surface area (Å²) in [4.78, 5) is 54.7. The normalized spacial score (nSPS) is 11.5. The topological polar surface area (TPSA) is 116 Å². The van der Waals surface area contributed by atoms with Crippen LogP contribution in [0.2, 0.25) is 0 Å². The number of carbonyl (C=O) groups excluding carboxylic acids is 4. The van der Waals surface area contributed by atoms with Crippen LogP contribution in [0.4, 0.5) is 5.00 Å². The van der Waals surface area contributed by atoms with Crippen molar-refractivity contribution < 1.29 is 28.7 Å². The number of thiazole rings is 1. The van der Waals surface area contributed by atoms with Crippen molar-refractivity contribution in [3.05, 3.63) is 43.5 Å². The van der Waals surface area contributed by atoms with Gasteiger partial charge in [-0.05, 0) is 44.5 Å². The van der Waals surface area contributed by atoms with E-state index in [1.54, 1.807) is 20.8 Å². The second kappa shape index (κ2) is 12.7. The SMILES string of the molecule is CCOC(=O)c1sc(NC(=O)CSCC(=O)N=c2sc3cc(Br)ccc3n2C)c(C(=O)OCC)c1C. The minimum atomic E-state index is -0.637. The average molecular weight is 615 g/mol. The molecule has 9 nitrogen and oxygen atoms in total. The molecule has 3 aromatic rings. The molecule has 0 fully saturated rings. The number of fused-ring (bicyclic) bond motifs is 1. The van der Waals surface area contributed by atoms with Crippen LogP contribution < -0.4 is 10.1 Å². The molecule has 36 heavy (non-hydrogen) atoms. The maximum Gasteiger partial charge on any atom is 0.348 e. The van der Waals surface area contributed by atoms with Gasteiger partial charge in [-0.25, -0.2) is 9.59 Å². The van der Waals surface area contributed by atoms with E-state index < -0.39 is 17.8 Å². The Kier molecular flexibility index (Phi) is 9.88. The number of hydrogen-bond donors (Lipinski definition) is 1. The number of thiophene rings is 1. The van der Waals surface area contributed by atoms with Crippen LogP contribution in [0.5, 0.6) is 0 Å². The molecule has 0 spiro atoms. The molecule has 0 atom stereocenters. The number of rotatable bonds is 9. The van der Waals surface area contributed by atoms with Crippen molar-refractivity contribution in [3.8, 4) is 0 Å². The minimum Gasteiger partial charge on any atom is -0.462 e. The molecular formula is C23H24BrN3O6S3. The number of benzene rings is 1. The standard InChI is InChI=1S/C23H24BrN3O6S3/c1-5-32-21(30)18-12(3)19(22(31)33-6-2)36-20(18)25-16(28)10-34-11-17(29)26-23-27(4)14-8-7-13(24)9-15(14)35-23/h7-9H,5-6,10-11H2,1-4H3,(H,25,28). The molecule has 2 amide bonds. The van der Waals surface area contributed by atoms with E-state index in [2.05, 4.69) is 26.2 Å². The van der Waals surface area contributed by atoms with Gasteiger partial charge in [-0.1, -0.05) is 27.3 Å². The smallest absolute Gasteiger partial charge is 0.348 e. The number of ether oxygens (including phenoxy) is 2. The highest BCUT2D eigenvalue weighted by Crippen LogP contribution is 2.34. The number of esters is 2. The van der Waals surface area contributed by atoms with Crippen LogP contribution in [-0.2, 0) is 26.1 Å². The highest BCUT2D eigenvalue weighted by Gasteiger charge is 2.27. The van der Waals surface area contributed by atoms with Crippen molar-refractivity contribution in [3.63, 3.8) is 0 Å². The van der Waals surface area contributed by atoms with Gasteiger partial charge in [-0.2, -0.15) is 4.99 Å². The fourth-order valence-electron chi connectivity index (χ4n) is 3.19. The molecule has 0 aliphatic rings. The Morgan fingerprint density at radius 1 is 1.08 bits per heavy atom. The number of carbonyl (C=O) groups is 4. The number of thioether (sulfide) groups is 1. The van der Waals surface area contributed by atoms with Crippen molar-refractivity contribution in [2.75, 3.05) is 30.0 Å². The van der Waals surface area contributed by atoms with Gasteiger partial charge >= 0.3 is 11.9 Å². The van der Waals surface area contributed by atoms with E-state index in [-0.39, 0.29) is 46.1 Å². The third kappa shape index (κ3) is 6.64. The lowest BCUT2D eigenvalue weighted by molar-refractivity contribution is -0.115. The van der Waals surface area contributed by atoms with Crippen molar-refractivity contribution in [1.82, 2.24) is 4.57 Å². The van der Waals surface area contributed by atoms with Gasteiger partial charge < -0.3 is 19.4 Å². The van der Waals surface area contributed by atoms with E-state index in [9.17, 15) is 19.2 Å². The van der Waals surface area contributed by atoms with E-state index in [1.165, 1.54) is 11.3 Å². The number of halogens is 1. The lowest BCUT2D eigenvalue weighted by atomic mass is 10.1. The third-order valence-corrected chi connectivity index (χ3v) is 8.48. The Labute approximate surface area is 228 Å². The first-order valence-corrected chi connectivity index (χ1v) is 14.4. The fraction of sp³-hybridized carbons (Fsp3) is 0.348. The summed E-state index contributed by atoms with van der Waals surface area (Å²) in [5.74, 6) is -2.03. The third-order valence-electron chi connectivity index (χ3n) is 4.79. The second-order valence-corrected chi connectivity index (χ2v) is 11.2. The maximum atomic E-state index is 12.6. The summed E-state index contributed by atoms with van der Waals surface area (Å²) >= 11 is 6.90. The Morgan fingerprint density at radius 3 is 2.47 bits per heavy atom. The predicted molar refractivity (Wildman–Crippen MR) is 146 cm³/mol. The molecule has 0 radical (unpaired) electrons. The van der Waals surface area contributed by atoms with Gasteiger partial charge in [0.25, 0.3) is 5.91 Å². The zero-order valence-electron chi connectivity index (χ0n) is 20.0. The summed E-state index contributed by atoms with van der Waals surface area (Å²) in [5.41, 5.74) is 1.47. The molecule has 0 aliphatic heterocycles. The lowest BCUT2D eigenvalue weighted by Crippen LogP contribution is -2.18. The van der Waals surface area contributed by atoms with Gasteiger partial charge in [0.05, 0.1) is 40.5 Å². The molecule has 0 saturated carbocycles. The first kappa shape index (κ1) is 28.1. The number of anilines is 1. The van der Waals surface area contributed by atoms with Gasteiger partial charge in [0.2, 0.25) is 5.91 Å². The van der Waals surface area contributed by atoms with E-state index in [0.717, 1.165) is 37.8 Å². The van der Waals surface area contributed by atoms with Crippen molar-refractivity contribution in [1.29, 1.82) is 0 Å². The molecule has 0 aliphatic carbocycles. The molecule has 2 heterocycles. The van der Waals surface area contributed by atoms with Crippen LogP contribution in [-0.4, -0.2) is 53.0 Å². The van der Waals surface area contributed by atoms with Crippen LogP contribution in [0, 0.1) is 6.92 Å². The molecule has 192 valence electrons. The Morgan fingerprint density at radius 2 is 1.78 bits per heavy atom. The number of hydrogen-bond acceptors (Lipinski definition) is 9. The highest BCUT2D eigenvalue weighted by molar-refractivity contribution is 9.10. The number of nitrogens with one attached hydrogen (secondary N) is 1. The van der Waals surface area contributed by atoms with Gasteiger partial charge in [-0.15, -0.1) is 23.1 Å². The van der Waals surface area contributed by atoms with Gasteiger partial charge in [0, 0.05) is 11.5 Å². The first-order valence-electron chi connectivity index (χ1n) is 10.8. The highest BCUT2D eigenvalue weighted by atomic mass is 79.9. The van der Waals surface area contributed by atoms with E-state index in [1.807, 2.05) is 29.8 Å². The molecule has 1 N–H and O–H groups in total. The van der Waals surface area contributed by atoms with Crippen LogP contribution >= 0.6 is 50.4 Å². The summed E-state index contributed by atoms with van der Waals surface area (Å²) in [6, 6.07) is 5.84. The van der Waals surface area contributed by atoms with Crippen LogP contribution in [0.25, 0.3) is 10.2 Å². The first-order chi connectivity index (χ1) is 17.2. The van der Waals surface area contributed by atoms with Crippen LogP contribution in [0.15, 0.2) is 27.7 Å². The predicted octanol–water partition coefficient (Wildman–Crippen LogP) is 4.52. The van der Waals surface area contributed by atoms with Crippen LogP contribution in [0.1, 0.15) is 39.4 Å².